The van der Waals surface area contributed by atoms with E-state index in [-0.39, 0.29) is 0 Å². The summed E-state index contributed by atoms with van der Waals surface area (Å²) in [4.78, 5) is 16.4. The summed E-state index contributed by atoms with van der Waals surface area (Å²) in [6, 6.07) is 3.89. The van der Waals surface area contributed by atoms with Crippen LogP contribution in [0.3, 0.4) is 0 Å². The normalized spacial score (nSPS) is 11.7. The van der Waals surface area contributed by atoms with Crippen LogP contribution < -0.4 is 15.4 Å². The molecule has 3 aromatic rings. The number of aromatic nitrogens is 4. The van der Waals surface area contributed by atoms with Gasteiger partial charge in [0.25, 0.3) is 0 Å². The summed E-state index contributed by atoms with van der Waals surface area (Å²) >= 11 is 0. The highest BCUT2D eigenvalue weighted by Crippen LogP contribution is 2.28. The average Bonchev–Trinajstić information content (AvgIpc) is 3.04. The van der Waals surface area contributed by atoms with Crippen LogP contribution in [-0.4, -0.2) is 51.5 Å². The quantitative estimate of drug-likeness (QED) is 0.569. The number of fused-ring (bicyclic) bond motifs is 3. The van der Waals surface area contributed by atoms with Crippen LogP contribution in [0.25, 0.3) is 16.7 Å². The average molecular weight is 415 g/mol. The molecule has 9 nitrogen and oxygen atoms in total. The summed E-state index contributed by atoms with van der Waals surface area (Å²) < 4.78 is 12.6. The van der Waals surface area contributed by atoms with E-state index in [9.17, 15) is 4.79 Å². The lowest BCUT2D eigenvalue weighted by molar-refractivity contribution is 0.0527. The Labute approximate surface area is 176 Å². The lowest BCUT2D eigenvalue weighted by atomic mass is 10.1. The Morgan fingerprint density at radius 3 is 2.57 bits per heavy atom. The number of carbonyl (C=O) groups excluding carboxylic acids is 1. The Kier molecular flexibility index (Phi) is 6.28. The number of aryl methyl sites for hydroxylation is 2. The monoisotopic (exact) mass is 414 g/mol. The molecule has 162 valence electrons. The van der Waals surface area contributed by atoms with Gasteiger partial charge in [0.1, 0.15) is 17.2 Å². The van der Waals surface area contributed by atoms with Crippen LogP contribution in [0, 0.1) is 13.8 Å². The number of rotatable bonds is 7. The van der Waals surface area contributed by atoms with Gasteiger partial charge in [-0.05, 0) is 59.1 Å². The van der Waals surface area contributed by atoms with E-state index in [1.165, 1.54) is 0 Å². The third kappa shape index (κ3) is 4.90. The SMILES string of the molecule is COc1cc(C)c2c(c1)nc(NCCCCNC(=O)OC(C)(C)C)c1nnc(C)n12. The summed E-state index contributed by atoms with van der Waals surface area (Å²) in [5.41, 5.74) is 3.04. The van der Waals surface area contributed by atoms with Gasteiger partial charge < -0.3 is 20.1 Å². The standard InChI is InChI=1S/C21H30N6O3/c1-13-11-15(29-6)12-16-17(13)27-14(2)25-26-19(27)18(24-16)22-9-7-8-10-23-20(28)30-21(3,4)5/h11-12H,7-10H2,1-6H3,(H,22,24)(H,23,28). The molecule has 0 aliphatic heterocycles. The van der Waals surface area contributed by atoms with Crippen LogP contribution >= 0.6 is 0 Å². The molecular formula is C21H30N6O3. The number of alkyl carbamates (subject to hydrolysis) is 1. The van der Waals surface area contributed by atoms with Crippen molar-refractivity contribution in [3.05, 3.63) is 23.5 Å². The molecule has 1 amide bonds. The molecule has 0 atom stereocenters. The molecule has 0 saturated carbocycles. The predicted molar refractivity (Wildman–Crippen MR) is 116 cm³/mol. The van der Waals surface area contributed by atoms with E-state index in [0.29, 0.717) is 24.6 Å². The Bertz CT molecular complexity index is 1050. The lowest BCUT2D eigenvalue weighted by Gasteiger charge is -2.19. The molecule has 1 aromatic carbocycles. The fourth-order valence-corrected chi connectivity index (χ4v) is 3.26. The molecule has 30 heavy (non-hydrogen) atoms. The first kappa shape index (κ1) is 21.6. The first-order valence-corrected chi connectivity index (χ1v) is 10.1. The van der Waals surface area contributed by atoms with Crippen LogP contribution in [0.2, 0.25) is 0 Å². The number of anilines is 1. The van der Waals surface area contributed by atoms with E-state index in [4.69, 9.17) is 14.5 Å². The number of unbranched alkanes of at least 4 members (excludes halogenated alkanes) is 1. The second kappa shape index (κ2) is 8.73. The van der Waals surface area contributed by atoms with Gasteiger partial charge in [0.15, 0.2) is 5.82 Å². The van der Waals surface area contributed by atoms with Crippen LogP contribution in [0.4, 0.5) is 10.6 Å². The minimum absolute atomic E-state index is 0.392. The maximum atomic E-state index is 11.7. The first-order valence-electron chi connectivity index (χ1n) is 10.1. The number of hydrogen-bond donors (Lipinski definition) is 2. The van der Waals surface area contributed by atoms with Crippen molar-refractivity contribution in [2.45, 2.75) is 53.1 Å². The largest absolute Gasteiger partial charge is 0.497 e. The summed E-state index contributed by atoms with van der Waals surface area (Å²) in [5, 5.41) is 14.7. The highest BCUT2D eigenvalue weighted by atomic mass is 16.6. The van der Waals surface area contributed by atoms with Gasteiger partial charge in [-0.3, -0.25) is 4.40 Å². The van der Waals surface area contributed by atoms with E-state index in [2.05, 4.69) is 20.8 Å². The Morgan fingerprint density at radius 1 is 1.13 bits per heavy atom. The Balaban J connectivity index is 1.67. The van der Waals surface area contributed by atoms with E-state index in [1.807, 2.05) is 51.2 Å². The molecule has 3 rings (SSSR count). The third-order valence-corrected chi connectivity index (χ3v) is 4.55. The topological polar surface area (TPSA) is 103 Å². The number of carbonyl (C=O) groups is 1. The number of nitrogens with one attached hydrogen (secondary N) is 2. The maximum absolute atomic E-state index is 11.7. The summed E-state index contributed by atoms with van der Waals surface area (Å²) in [7, 11) is 1.65. The van der Waals surface area contributed by atoms with Crippen molar-refractivity contribution in [3.63, 3.8) is 0 Å². The zero-order chi connectivity index (χ0) is 21.9. The molecule has 0 unspecified atom stereocenters. The van der Waals surface area contributed by atoms with Crippen molar-refractivity contribution in [1.29, 1.82) is 0 Å². The second-order valence-corrected chi connectivity index (χ2v) is 8.24. The van der Waals surface area contributed by atoms with Gasteiger partial charge in [0.2, 0.25) is 5.65 Å². The van der Waals surface area contributed by atoms with Crippen molar-refractivity contribution >= 4 is 28.6 Å². The third-order valence-electron chi connectivity index (χ3n) is 4.55. The Morgan fingerprint density at radius 2 is 1.87 bits per heavy atom. The molecule has 0 saturated heterocycles. The first-order chi connectivity index (χ1) is 14.2. The van der Waals surface area contributed by atoms with Crippen LogP contribution in [0.15, 0.2) is 12.1 Å². The molecule has 0 aliphatic carbocycles. The molecule has 2 heterocycles. The van der Waals surface area contributed by atoms with Crippen molar-refractivity contribution < 1.29 is 14.3 Å². The second-order valence-electron chi connectivity index (χ2n) is 8.24. The highest BCUT2D eigenvalue weighted by molar-refractivity contribution is 5.86. The molecular weight excluding hydrogens is 384 g/mol. The van der Waals surface area contributed by atoms with Gasteiger partial charge in [0, 0.05) is 19.2 Å². The van der Waals surface area contributed by atoms with Crippen molar-refractivity contribution in [2.24, 2.45) is 0 Å². The zero-order valence-electron chi connectivity index (χ0n) is 18.5. The molecule has 0 aliphatic rings. The van der Waals surface area contributed by atoms with Gasteiger partial charge in [-0.2, -0.15) is 0 Å². The van der Waals surface area contributed by atoms with E-state index in [1.54, 1.807) is 7.11 Å². The van der Waals surface area contributed by atoms with Crippen molar-refractivity contribution in [1.82, 2.24) is 24.9 Å². The fraction of sp³-hybridized carbons (Fsp3) is 0.524. The van der Waals surface area contributed by atoms with E-state index in [0.717, 1.165) is 41.0 Å². The van der Waals surface area contributed by atoms with Gasteiger partial charge >= 0.3 is 6.09 Å². The van der Waals surface area contributed by atoms with Crippen molar-refractivity contribution in [3.8, 4) is 5.75 Å². The van der Waals surface area contributed by atoms with Crippen LogP contribution in [0.5, 0.6) is 5.75 Å². The number of methoxy groups -OCH3 is 1. The molecule has 2 N–H and O–H groups in total. The predicted octanol–water partition coefficient (Wildman–Crippen LogP) is 3.62. The van der Waals surface area contributed by atoms with Crippen LogP contribution in [-0.2, 0) is 4.74 Å². The van der Waals surface area contributed by atoms with Gasteiger partial charge in [0.05, 0.1) is 18.1 Å². The minimum atomic E-state index is -0.490. The molecule has 2 aromatic heterocycles. The molecule has 0 radical (unpaired) electrons. The van der Waals surface area contributed by atoms with Gasteiger partial charge in [-0.15, -0.1) is 10.2 Å². The lowest BCUT2D eigenvalue weighted by Crippen LogP contribution is -2.33. The Hall–Kier alpha value is -3.10. The number of ether oxygens (including phenoxy) is 2. The van der Waals surface area contributed by atoms with E-state index >= 15 is 0 Å². The summed E-state index contributed by atoms with van der Waals surface area (Å²) in [6.45, 7) is 10.7. The number of nitrogens with zero attached hydrogens (tertiary/aromatic N) is 4. The summed E-state index contributed by atoms with van der Waals surface area (Å²) in [6.07, 6.45) is 1.28. The smallest absolute Gasteiger partial charge is 0.407 e. The fourth-order valence-electron chi connectivity index (χ4n) is 3.26. The number of amides is 1. The van der Waals surface area contributed by atoms with Gasteiger partial charge in [-0.1, -0.05) is 0 Å². The minimum Gasteiger partial charge on any atom is -0.497 e. The zero-order valence-corrected chi connectivity index (χ0v) is 18.5. The molecule has 0 bridgehead atoms. The van der Waals surface area contributed by atoms with Crippen LogP contribution in [0.1, 0.15) is 45.0 Å². The van der Waals surface area contributed by atoms with E-state index < -0.39 is 11.7 Å². The number of benzene rings is 1. The maximum Gasteiger partial charge on any atom is 0.407 e. The number of hydrogen-bond acceptors (Lipinski definition) is 7. The summed E-state index contributed by atoms with van der Waals surface area (Å²) in [5.74, 6) is 2.24. The molecule has 9 heteroatoms. The van der Waals surface area contributed by atoms with Gasteiger partial charge in [-0.25, -0.2) is 9.78 Å². The van der Waals surface area contributed by atoms with Crippen molar-refractivity contribution in [2.75, 3.05) is 25.5 Å². The molecule has 0 spiro atoms. The molecule has 0 fully saturated rings. The highest BCUT2D eigenvalue weighted by Gasteiger charge is 2.16.